The van der Waals surface area contributed by atoms with Gasteiger partial charge in [-0.25, -0.2) is 0 Å². The van der Waals surface area contributed by atoms with Crippen molar-refractivity contribution < 1.29 is 30.7 Å². The molecule has 0 atom stereocenters. The van der Waals surface area contributed by atoms with Gasteiger partial charge in [0.1, 0.15) is 0 Å². The molecule has 0 radical (unpaired) electrons. The Kier molecular flexibility index (Phi) is 9.29. The van der Waals surface area contributed by atoms with Crippen molar-refractivity contribution in [1.29, 1.82) is 0 Å². The molecule has 0 saturated carbocycles. The van der Waals surface area contributed by atoms with Gasteiger partial charge in [-0.05, 0) is 0 Å². The minimum Gasteiger partial charge on any atom is -0.295 e. The molecule has 0 aromatic rings. The van der Waals surface area contributed by atoms with Crippen LogP contribution in [0.25, 0.3) is 0 Å². The standard InChI is InChI=1S/C8H10Cl2F7N.BrH/c9-1-3-18(4-2-10)5-6(11,12)7(13,14)8(15,16)17;/h1-5H2;1H. The Bertz CT molecular complexity index is 256. The summed E-state index contributed by atoms with van der Waals surface area (Å²) in [4.78, 5) is 0.652. The third-order valence-electron chi connectivity index (χ3n) is 2.04. The summed E-state index contributed by atoms with van der Waals surface area (Å²) in [7, 11) is 0. The lowest BCUT2D eigenvalue weighted by Gasteiger charge is -2.32. The number of rotatable bonds is 7. The van der Waals surface area contributed by atoms with E-state index in [0.29, 0.717) is 4.90 Å². The molecule has 0 aliphatic heterocycles. The van der Waals surface area contributed by atoms with Gasteiger partial charge in [-0.3, -0.25) is 4.90 Å². The van der Waals surface area contributed by atoms with Crippen LogP contribution in [0.5, 0.6) is 0 Å². The van der Waals surface area contributed by atoms with Crippen LogP contribution in [0.2, 0.25) is 0 Å². The maximum absolute atomic E-state index is 13.0. The predicted octanol–water partition coefficient (Wildman–Crippen LogP) is 4.18. The minimum atomic E-state index is -6.32. The molecule has 0 fully saturated rings. The van der Waals surface area contributed by atoms with Gasteiger partial charge in [-0.2, -0.15) is 30.7 Å². The Labute approximate surface area is 125 Å². The first kappa shape index (κ1) is 21.8. The Morgan fingerprint density at radius 2 is 1.16 bits per heavy atom. The van der Waals surface area contributed by atoms with Crippen LogP contribution in [0.3, 0.4) is 0 Å². The zero-order valence-electron chi connectivity index (χ0n) is 9.29. The van der Waals surface area contributed by atoms with Crippen LogP contribution in [0.1, 0.15) is 0 Å². The highest BCUT2D eigenvalue weighted by Crippen LogP contribution is 2.46. The van der Waals surface area contributed by atoms with Crippen molar-refractivity contribution in [3.63, 3.8) is 0 Å². The average Bonchev–Trinajstić information content (AvgIpc) is 2.15. The van der Waals surface area contributed by atoms with E-state index in [9.17, 15) is 30.7 Å². The Morgan fingerprint density at radius 1 is 0.789 bits per heavy atom. The van der Waals surface area contributed by atoms with Crippen LogP contribution in [-0.4, -0.2) is 54.3 Å². The van der Waals surface area contributed by atoms with E-state index in [0.717, 1.165) is 0 Å². The van der Waals surface area contributed by atoms with Crippen molar-refractivity contribution in [1.82, 2.24) is 4.90 Å². The van der Waals surface area contributed by atoms with Crippen molar-refractivity contribution in [3.8, 4) is 0 Å². The second kappa shape index (κ2) is 8.09. The highest BCUT2D eigenvalue weighted by molar-refractivity contribution is 8.93. The van der Waals surface area contributed by atoms with E-state index >= 15 is 0 Å². The van der Waals surface area contributed by atoms with Crippen molar-refractivity contribution in [2.24, 2.45) is 0 Å². The molecule has 0 spiro atoms. The fourth-order valence-corrected chi connectivity index (χ4v) is 1.57. The first-order valence-corrected chi connectivity index (χ1v) is 5.73. The molecule has 118 valence electrons. The maximum atomic E-state index is 13.0. The third-order valence-corrected chi connectivity index (χ3v) is 2.38. The van der Waals surface area contributed by atoms with Gasteiger partial charge >= 0.3 is 18.0 Å². The van der Waals surface area contributed by atoms with Gasteiger partial charge in [-0.15, -0.1) is 40.2 Å². The van der Waals surface area contributed by atoms with E-state index in [1.165, 1.54) is 0 Å². The molecule has 0 N–H and O–H groups in total. The number of alkyl halides is 9. The summed E-state index contributed by atoms with van der Waals surface area (Å²) in [6.45, 7) is -2.30. The zero-order chi connectivity index (χ0) is 14.6. The van der Waals surface area contributed by atoms with Gasteiger partial charge in [0.2, 0.25) is 0 Å². The van der Waals surface area contributed by atoms with E-state index < -0.39 is 24.6 Å². The maximum Gasteiger partial charge on any atom is 0.459 e. The molecular formula is C8H11BrCl2F7N. The molecule has 0 rings (SSSR count). The Hall–Kier alpha value is 0.530. The molecule has 11 heteroatoms. The second-order valence-corrected chi connectivity index (χ2v) is 4.19. The Balaban J connectivity index is 0. The molecule has 0 saturated heterocycles. The number of hydrogen-bond donors (Lipinski definition) is 0. The van der Waals surface area contributed by atoms with Crippen LogP contribution in [0.4, 0.5) is 30.7 Å². The summed E-state index contributed by atoms with van der Waals surface area (Å²) < 4.78 is 86.7. The lowest BCUT2D eigenvalue weighted by molar-refractivity contribution is -0.356. The molecule has 0 bridgehead atoms. The quantitative estimate of drug-likeness (QED) is 0.454. The lowest BCUT2D eigenvalue weighted by Crippen LogP contribution is -2.57. The Morgan fingerprint density at radius 3 is 1.42 bits per heavy atom. The summed E-state index contributed by atoms with van der Waals surface area (Å²) in [6.07, 6.45) is -6.32. The first-order chi connectivity index (χ1) is 7.99. The predicted molar refractivity (Wildman–Crippen MR) is 64.2 cm³/mol. The summed E-state index contributed by atoms with van der Waals surface area (Å²) in [5, 5.41) is 0. The second-order valence-electron chi connectivity index (χ2n) is 3.43. The largest absolute Gasteiger partial charge is 0.459 e. The minimum absolute atomic E-state index is 0. The highest BCUT2D eigenvalue weighted by Gasteiger charge is 2.72. The van der Waals surface area contributed by atoms with Gasteiger partial charge in [0.15, 0.2) is 0 Å². The van der Waals surface area contributed by atoms with Crippen LogP contribution < -0.4 is 0 Å². The van der Waals surface area contributed by atoms with Gasteiger partial charge in [0.25, 0.3) is 0 Å². The van der Waals surface area contributed by atoms with E-state index in [1.807, 2.05) is 0 Å². The van der Waals surface area contributed by atoms with Gasteiger partial charge < -0.3 is 0 Å². The SMILES string of the molecule is Br.FC(F)(F)C(F)(F)C(F)(F)CN(CCCl)CCCl. The van der Waals surface area contributed by atoms with Gasteiger partial charge in [0, 0.05) is 24.8 Å². The van der Waals surface area contributed by atoms with Gasteiger partial charge in [-0.1, -0.05) is 0 Å². The molecule has 0 aromatic carbocycles. The monoisotopic (exact) mass is 403 g/mol. The molecule has 0 aliphatic carbocycles. The van der Waals surface area contributed by atoms with Crippen LogP contribution >= 0.6 is 40.2 Å². The van der Waals surface area contributed by atoms with Gasteiger partial charge in [0.05, 0.1) is 6.54 Å². The normalized spacial score (nSPS) is 13.6. The fourth-order valence-electron chi connectivity index (χ4n) is 1.10. The smallest absolute Gasteiger partial charge is 0.295 e. The summed E-state index contributed by atoms with van der Waals surface area (Å²) in [5.74, 6) is -11.7. The van der Waals surface area contributed by atoms with Crippen molar-refractivity contribution >= 4 is 40.2 Å². The molecular weight excluding hydrogens is 394 g/mol. The van der Waals surface area contributed by atoms with E-state index in [4.69, 9.17) is 23.2 Å². The molecule has 0 aromatic heterocycles. The van der Waals surface area contributed by atoms with Crippen molar-refractivity contribution in [2.45, 2.75) is 18.0 Å². The summed E-state index contributed by atoms with van der Waals surface area (Å²) in [5.41, 5.74) is 0. The van der Waals surface area contributed by atoms with E-state index in [1.54, 1.807) is 0 Å². The summed E-state index contributed by atoms with van der Waals surface area (Å²) in [6, 6.07) is 0. The van der Waals surface area contributed by atoms with E-state index in [-0.39, 0.29) is 41.8 Å². The average molecular weight is 405 g/mol. The highest BCUT2D eigenvalue weighted by atomic mass is 79.9. The lowest BCUT2D eigenvalue weighted by atomic mass is 10.1. The van der Waals surface area contributed by atoms with Crippen LogP contribution in [0.15, 0.2) is 0 Å². The summed E-state index contributed by atoms with van der Waals surface area (Å²) >= 11 is 10.5. The molecule has 0 aliphatic rings. The number of nitrogens with zero attached hydrogens (tertiary/aromatic N) is 1. The molecule has 1 nitrogen and oxygen atoms in total. The topological polar surface area (TPSA) is 3.24 Å². The van der Waals surface area contributed by atoms with Crippen LogP contribution in [0, 0.1) is 0 Å². The molecule has 0 heterocycles. The number of halogens is 10. The van der Waals surface area contributed by atoms with Crippen molar-refractivity contribution in [3.05, 3.63) is 0 Å². The third kappa shape index (κ3) is 5.81. The molecule has 0 amide bonds. The van der Waals surface area contributed by atoms with E-state index in [2.05, 4.69) is 0 Å². The number of hydrogen-bond acceptors (Lipinski definition) is 1. The fraction of sp³-hybridized carbons (Fsp3) is 1.00. The molecule has 0 unspecified atom stereocenters. The van der Waals surface area contributed by atoms with Crippen molar-refractivity contribution in [2.75, 3.05) is 31.4 Å². The molecule has 19 heavy (non-hydrogen) atoms. The first-order valence-electron chi connectivity index (χ1n) is 4.66. The zero-order valence-corrected chi connectivity index (χ0v) is 12.5. The van der Waals surface area contributed by atoms with Crippen LogP contribution in [-0.2, 0) is 0 Å².